The number of primary amides is 1. The summed E-state index contributed by atoms with van der Waals surface area (Å²) in [7, 11) is 0. The number of ether oxygens (including phenoxy) is 1. The molecule has 0 aliphatic carbocycles. The van der Waals surface area contributed by atoms with E-state index in [1.165, 1.54) is 6.20 Å². The highest BCUT2D eigenvalue weighted by molar-refractivity contribution is 5.98. The molecule has 3 aromatic rings. The van der Waals surface area contributed by atoms with E-state index < -0.39 is 17.6 Å². The number of anilines is 4. The van der Waals surface area contributed by atoms with Crippen molar-refractivity contribution in [3.63, 3.8) is 0 Å². The van der Waals surface area contributed by atoms with Crippen LogP contribution >= 0.6 is 0 Å². The zero-order valence-corrected chi connectivity index (χ0v) is 19.2. The van der Waals surface area contributed by atoms with E-state index in [0.717, 1.165) is 36.6 Å². The van der Waals surface area contributed by atoms with Crippen LogP contribution in [-0.4, -0.2) is 37.2 Å². The van der Waals surface area contributed by atoms with Crippen LogP contribution in [0.15, 0.2) is 54.7 Å². The van der Waals surface area contributed by atoms with Crippen LogP contribution in [0.4, 0.5) is 36.1 Å². The Hall–Kier alpha value is -3.79. The van der Waals surface area contributed by atoms with Gasteiger partial charge in [-0.15, -0.1) is 0 Å². The maximum absolute atomic E-state index is 13.2. The lowest BCUT2D eigenvalue weighted by molar-refractivity contribution is -0.137. The Morgan fingerprint density at radius 2 is 1.83 bits per heavy atom. The minimum absolute atomic E-state index is 0.0722. The zero-order valence-electron chi connectivity index (χ0n) is 19.2. The summed E-state index contributed by atoms with van der Waals surface area (Å²) >= 11 is 0. The van der Waals surface area contributed by atoms with Gasteiger partial charge in [0, 0.05) is 43.3 Å². The Labute approximate surface area is 201 Å². The molecule has 184 valence electrons. The summed E-state index contributed by atoms with van der Waals surface area (Å²) in [6, 6.07) is 13.3. The molecular weight excluding hydrogens is 459 g/mol. The van der Waals surface area contributed by atoms with Gasteiger partial charge in [-0.2, -0.15) is 13.2 Å². The van der Waals surface area contributed by atoms with E-state index in [1.807, 2.05) is 24.3 Å². The number of rotatable bonds is 7. The lowest BCUT2D eigenvalue weighted by atomic mass is 10.1. The summed E-state index contributed by atoms with van der Waals surface area (Å²) in [4.78, 5) is 18.4. The first-order valence-corrected chi connectivity index (χ1v) is 11.1. The third kappa shape index (κ3) is 6.21. The normalized spacial score (nSPS) is 14.0. The number of carbonyl (C=O) groups is 1. The van der Waals surface area contributed by atoms with E-state index >= 15 is 0 Å². The molecule has 0 bridgehead atoms. The second-order valence-corrected chi connectivity index (χ2v) is 8.31. The summed E-state index contributed by atoms with van der Waals surface area (Å²) in [5, 5.41) is 6.21. The second-order valence-electron chi connectivity index (χ2n) is 8.31. The molecule has 0 radical (unpaired) electrons. The van der Waals surface area contributed by atoms with Crippen LogP contribution in [-0.2, 0) is 17.5 Å². The van der Waals surface area contributed by atoms with Gasteiger partial charge in [-0.05, 0) is 48.9 Å². The number of benzene rings is 2. The van der Waals surface area contributed by atoms with E-state index in [0.29, 0.717) is 35.8 Å². The topological polar surface area (TPSA) is 92.5 Å². The number of halogens is 3. The van der Waals surface area contributed by atoms with Crippen molar-refractivity contribution in [2.75, 3.05) is 41.8 Å². The van der Waals surface area contributed by atoms with Gasteiger partial charge >= 0.3 is 6.18 Å². The minimum atomic E-state index is -4.44. The van der Waals surface area contributed by atoms with Crippen molar-refractivity contribution in [1.29, 1.82) is 0 Å². The van der Waals surface area contributed by atoms with Gasteiger partial charge in [0.25, 0.3) is 5.91 Å². The molecule has 1 saturated heterocycles. The number of aryl methyl sites for hydroxylation is 1. The van der Waals surface area contributed by atoms with Crippen molar-refractivity contribution in [2.24, 2.45) is 5.73 Å². The van der Waals surface area contributed by atoms with Crippen LogP contribution < -0.4 is 21.3 Å². The number of hydrogen-bond acceptors (Lipinski definition) is 6. The molecule has 0 unspecified atom stereocenters. The Bertz CT molecular complexity index is 1190. The molecule has 4 N–H and O–H groups in total. The second kappa shape index (κ2) is 10.2. The lowest BCUT2D eigenvalue weighted by Gasteiger charge is -2.28. The van der Waals surface area contributed by atoms with Crippen LogP contribution in [0.25, 0.3) is 0 Å². The minimum Gasteiger partial charge on any atom is -0.380 e. The number of nitrogens with two attached hydrogens (primary N) is 1. The Morgan fingerprint density at radius 3 is 2.49 bits per heavy atom. The number of hydrogen-bond donors (Lipinski definition) is 3. The summed E-state index contributed by atoms with van der Waals surface area (Å²) in [5.74, 6) is -0.238. The maximum atomic E-state index is 13.2. The Balaban J connectivity index is 1.50. The number of pyridine rings is 1. The molecular formula is C25H26F3N5O2. The first-order chi connectivity index (χ1) is 16.7. The van der Waals surface area contributed by atoms with Gasteiger partial charge in [0.1, 0.15) is 5.82 Å². The van der Waals surface area contributed by atoms with Crippen molar-refractivity contribution in [3.05, 3.63) is 77.0 Å². The van der Waals surface area contributed by atoms with Gasteiger partial charge in [-0.1, -0.05) is 11.6 Å². The fourth-order valence-electron chi connectivity index (χ4n) is 3.92. The summed E-state index contributed by atoms with van der Waals surface area (Å²) in [6.45, 7) is 4.75. The van der Waals surface area contributed by atoms with Gasteiger partial charge in [-0.25, -0.2) is 4.98 Å². The molecule has 0 spiro atoms. The van der Waals surface area contributed by atoms with Gasteiger partial charge in [0.2, 0.25) is 0 Å². The van der Waals surface area contributed by atoms with Crippen molar-refractivity contribution in [2.45, 2.75) is 19.6 Å². The maximum Gasteiger partial charge on any atom is 0.416 e. The van der Waals surface area contributed by atoms with Gasteiger partial charge < -0.3 is 26.0 Å². The van der Waals surface area contributed by atoms with E-state index in [1.54, 1.807) is 19.1 Å². The molecule has 2 aromatic carbocycles. The molecule has 0 saturated carbocycles. The third-order valence-corrected chi connectivity index (χ3v) is 5.63. The monoisotopic (exact) mass is 485 g/mol. The average molecular weight is 486 g/mol. The van der Waals surface area contributed by atoms with E-state index in [9.17, 15) is 18.0 Å². The number of alkyl halides is 3. The van der Waals surface area contributed by atoms with E-state index in [-0.39, 0.29) is 12.1 Å². The van der Waals surface area contributed by atoms with Gasteiger partial charge in [0.15, 0.2) is 0 Å². The molecule has 1 fully saturated rings. The first-order valence-electron chi connectivity index (χ1n) is 11.1. The van der Waals surface area contributed by atoms with Gasteiger partial charge in [0.05, 0.1) is 30.0 Å². The number of morpholine rings is 1. The number of aromatic nitrogens is 1. The fraction of sp³-hybridized carbons (Fsp3) is 0.280. The molecule has 1 aliphatic heterocycles. The quantitative estimate of drug-likeness (QED) is 0.449. The third-order valence-electron chi connectivity index (χ3n) is 5.63. The average Bonchev–Trinajstić information content (AvgIpc) is 2.83. The van der Waals surface area contributed by atoms with Crippen molar-refractivity contribution >= 4 is 28.8 Å². The van der Waals surface area contributed by atoms with Crippen molar-refractivity contribution in [3.8, 4) is 0 Å². The highest BCUT2D eigenvalue weighted by atomic mass is 19.4. The molecule has 10 heteroatoms. The van der Waals surface area contributed by atoms with Crippen molar-refractivity contribution in [1.82, 2.24) is 4.98 Å². The summed E-state index contributed by atoms with van der Waals surface area (Å²) < 4.78 is 44.9. The standard InChI is InChI=1S/C25H26F3N5O2/c1-16-10-17(12-18(11-16)25(26,27)28)14-30-22-13-23(31-15-21(22)24(29)34)32-19-2-4-20(5-3-19)33-6-8-35-9-7-33/h2-5,10-13,15H,6-9,14H2,1H3,(H2,29,34)(H2,30,31,32). The van der Waals surface area contributed by atoms with Crippen LogP contribution in [0.5, 0.6) is 0 Å². The van der Waals surface area contributed by atoms with Crippen LogP contribution in [0.1, 0.15) is 27.0 Å². The first kappa shape index (κ1) is 24.3. The predicted octanol–water partition coefficient (Wildman–Crippen LogP) is 4.70. The molecule has 35 heavy (non-hydrogen) atoms. The highest BCUT2D eigenvalue weighted by Crippen LogP contribution is 2.31. The highest BCUT2D eigenvalue weighted by Gasteiger charge is 2.30. The Morgan fingerprint density at radius 1 is 1.11 bits per heavy atom. The molecule has 0 atom stereocenters. The summed E-state index contributed by atoms with van der Waals surface area (Å²) in [6.07, 6.45) is -3.10. The van der Waals surface area contributed by atoms with Crippen molar-refractivity contribution < 1.29 is 22.7 Å². The van der Waals surface area contributed by atoms with Crippen LogP contribution in [0.2, 0.25) is 0 Å². The molecule has 1 aromatic heterocycles. The zero-order chi connectivity index (χ0) is 25.0. The molecule has 1 amide bonds. The molecule has 1 aliphatic rings. The van der Waals surface area contributed by atoms with Gasteiger partial charge in [-0.3, -0.25) is 4.79 Å². The number of nitrogens with one attached hydrogen (secondary N) is 2. The van der Waals surface area contributed by atoms with Crippen LogP contribution in [0, 0.1) is 6.92 Å². The fourth-order valence-corrected chi connectivity index (χ4v) is 3.92. The Kier molecular flexibility index (Phi) is 7.11. The summed E-state index contributed by atoms with van der Waals surface area (Å²) in [5.41, 5.74) is 8.07. The lowest BCUT2D eigenvalue weighted by Crippen LogP contribution is -2.36. The largest absolute Gasteiger partial charge is 0.416 e. The predicted molar refractivity (Wildman–Crippen MR) is 129 cm³/mol. The number of amides is 1. The number of nitrogens with zero attached hydrogens (tertiary/aromatic N) is 2. The van der Waals surface area contributed by atoms with E-state index in [4.69, 9.17) is 10.5 Å². The molecule has 4 rings (SSSR count). The molecule has 7 nitrogen and oxygen atoms in total. The van der Waals surface area contributed by atoms with E-state index in [2.05, 4.69) is 20.5 Å². The SMILES string of the molecule is Cc1cc(CNc2cc(Nc3ccc(N4CCOCC4)cc3)ncc2C(N)=O)cc(C(F)(F)F)c1. The van der Waals surface area contributed by atoms with Crippen LogP contribution in [0.3, 0.4) is 0 Å². The number of carbonyl (C=O) groups excluding carboxylic acids is 1. The molecule has 2 heterocycles. The smallest absolute Gasteiger partial charge is 0.380 e.